The van der Waals surface area contributed by atoms with Gasteiger partial charge in [-0.15, -0.1) is 0 Å². The summed E-state index contributed by atoms with van der Waals surface area (Å²) in [5.41, 5.74) is 0.695. The molecule has 1 atom stereocenters. The molecule has 1 saturated heterocycles. The van der Waals surface area contributed by atoms with Crippen LogP contribution in [0.5, 0.6) is 0 Å². The molecule has 1 fully saturated rings. The summed E-state index contributed by atoms with van der Waals surface area (Å²) in [6, 6.07) is 7.80. The Bertz CT molecular complexity index is 866. The van der Waals surface area contributed by atoms with Gasteiger partial charge in [0.25, 0.3) is 5.91 Å². The Morgan fingerprint density at radius 3 is 2.75 bits per heavy atom. The molecule has 0 bridgehead atoms. The van der Waals surface area contributed by atoms with Gasteiger partial charge in [-0.2, -0.15) is 0 Å². The number of carbonyl (C=O) groups excluding carboxylic acids is 3. The number of amides is 3. The maximum atomic E-state index is 13.5. The third-order valence-corrected chi connectivity index (χ3v) is 4.66. The molecule has 0 saturated carbocycles. The molecule has 28 heavy (non-hydrogen) atoms. The highest BCUT2D eigenvalue weighted by molar-refractivity contribution is 5.94. The maximum Gasteiger partial charge on any atom is 0.251 e. The van der Waals surface area contributed by atoms with Gasteiger partial charge in [-0.05, 0) is 36.8 Å². The van der Waals surface area contributed by atoms with Crippen LogP contribution in [0, 0.1) is 18.7 Å². The molecule has 1 aromatic heterocycles. The molecule has 2 N–H and O–H groups in total. The van der Waals surface area contributed by atoms with Crippen LogP contribution >= 0.6 is 0 Å². The van der Waals surface area contributed by atoms with E-state index < -0.39 is 17.6 Å². The number of carbonyl (C=O) groups is 3. The second kappa shape index (κ2) is 8.69. The van der Waals surface area contributed by atoms with Crippen LogP contribution in [0.15, 0.2) is 41.0 Å². The summed E-state index contributed by atoms with van der Waals surface area (Å²) < 4.78 is 18.7. The summed E-state index contributed by atoms with van der Waals surface area (Å²) in [4.78, 5) is 37.9. The Hall–Kier alpha value is -3.16. The van der Waals surface area contributed by atoms with Crippen LogP contribution in [0.4, 0.5) is 4.39 Å². The van der Waals surface area contributed by atoms with Crippen LogP contribution in [-0.2, 0) is 16.1 Å². The Labute approximate surface area is 161 Å². The van der Waals surface area contributed by atoms with Crippen LogP contribution in [0.3, 0.4) is 0 Å². The lowest BCUT2D eigenvalue weighted by molar-refractivity contribution is -0.129. The first-order valence-electron chi connectivity index (χ1n) is 9.06. The van der Waals surface area contributed by atoms with E-state index in [4.69, 9.17) is 4.42 Å². The van der Waals surface area contributed by atoms with E-state index in [9.17, 15) is 18.8 Å². The Morgan fingerprint density at radius 2 is 2.04 bits per heavy atom. The first-order valence-corrected chi connectivity index (χ1v) is 9.06. The average Bonchev–Trinajstić information content (AvgIpc) is 3.31. The minimum absolute atomic E-state index is 0.0914. The number of aryl methyl sites for hydroxylation is 1. The normalized spacial score (nSPS) is 16.3. The van der Waals surface area contributed by atoms with E-state index in [-0.39, 0.29) is 36.9 Å². The second-order valence-corrected chi connectivity index (χ2v) is 6.77. The molecule has 0 radical (unpaired) electrons. The van der Waals surface area contributed by atoms with Crippen molar-refractivity contribution in [2.75, 3.05) is 19.6 Å². The molecule has 2 heterocycles. The molecule has 0 aliphatic carbocycles. The number of hydrogen-bond donors (Lipinski definition) is 2. The monoisotopic (exact) mass is 387 g/mol. The number of furan rings is 1. The molecule has 8 heteroatoms. The van der Waals surface area contributed by atoms with Gasteiger partial charge in [-0.1, -0.05) is 6.07 Å². The van der Waals surface area contributed by atoms with Gasteiger partial charge < -0.3 is 20.0 Å². The van der Waals surface area contributed by atoms with Crippen molar-refractivity contribution in [3.8, 4) is 0 Å². The first-order chi connectivity index (χ1) is 13.4. The lowest BCUT2D eigenvalue weighted by atomic mass is 10.1. The van der Waals surface area contributed by atoms with Crippen LogP contribution < -0.4 is 10.6 Å². The second-order valence-electron chi connectivity index (χ2n) is 6.77. The minimum atomic E-state index is -0.439. The van der Waals surface area contributed by atoms with E-state index >= 15 is 0 Å². The number of rotatable bonds is 7. The lowest BCUT2D eigenvalue weighted by Crippen LogP contribution is -2.38. The summed E-state index contributed by atoms with van der Waals surface area (Å²) in [5.74, 6) is -0.925. The molecule has 1 aromatic carbocycles. The molecule has 1 unspecified atom stereocenters. The highest BCUT2D eigenvalue weighted by Crippen LogP contribution is 2.20. The number of nitrogens with one attached hydrogen (secondary N) is 2. The van der Waals surface area contributed by atoms with E-state index in [1.54, 1.807) is 36.3 Å². The number of halogens is 1. The predicted octanol–water partition coefficient (Wildman–Crippen LogP) is 1.62. The standard InChI is InChI=1S/C20H22FN3O4/c1-13-4-5-14(9-17(13)21)19(26)22-6-7-23-20(27)15-10-18(25)24(11-15)12-16-3-2-8-28-16/h2-5,8-9,15H,6-7,10-12H2,1H3,(H,22,26)(H,23,27). The number of benzene rings is 1. The highest BCUT2D eigenvalue weighted by Gasteiger charge is 2.34. The molecule has 3 amide bonds. The van der Waals surface area contributed by atoms with Gasteiger partial charge in [-0.3, -0.25) is 14.4 Å². The minimum Gasteiger partial charge on any atom is -0.467 e. The molecule has 7 nitrogen and oxygen atoms in total. The zero-order chi connectivity index (χ0) is 20.1. The molecular formula is C20H22FN3O4. The van der Waals surface area contributed by atoms with Gasteiger partial charge in [0.05, 0.1) is 18.7 Å². The van der Waals surface area contributed by atoms with Crippen molar-refractivity contribution in [1.29, 1.82) is 0 Å². The summed E-state index contributed by atoms with van der Waals surface area (Å²) in [5, 5.41) is 5.35. The Balaban J connectivity index is 1.40. The molecule has 2 aromatic rings. The van der Waals surface area contributed by atoms with E-state index in [1.165, 1.54) is 12.1 Å². The van der Waals surface area contributed by atoms with Crippen molar-refractivity contribution in [3.05, 3.63) is 59.3 Å². The first kappa shape index (κ1) is 19.6. The zero-order valence-corrected chi connectivity index (χ0v) is 15.5. The zero-order valence-electron chi connectivity index (χ0n) is 15.5. The van der Waals surface area contributed by atoms with Gasteiger partial charge in [0.15, 0.2) is 0 Å². The van der Waals surface area contributed by atoms with E-state index in [0.717, 1.165) is 0 Å². The fraction of sp³-hybridized carbons (Fsp3) is 0.350. The van der Waals surface area contributed by atoms with E-state index in [1.807, 2.05) is 0 Å². The predicted molar refractivity (Wildman–Crippen MR) is 98.7 cm³/mol. The van der Waals surface area contributed by atoms with Crippen molar-refractivity contribution in [2.24, 2.45) is 5.92 Å². The van der Waals surface area contributed by atoms with Gasteiger partial charge in [0.2, 0.25) is 11.8 Å². The van der Waals surface area contributed by atoms with Gasteiger partial charge in [0, 0.05) is 31.6 Å². The van der Waals surface area contributed by atoms with Crippen LogP contribution in [0.2, 0.25) is 0 Å². The molecular weight excluding hydrogens is 365 g/mol. The van der Waals surface area contributed by atoms with Crippen molar-refractivity contribution in [2.45, 2.75) is 19.9 Å². The number of likely N-dealkylation sites (tertiary alicyclic amines) is 1. The summed E-state index contributed by atoms with van der Waals surface area (Å²) in [6.07, 6.45) is 1.70. The molecule has 1 aliphatic heterocycles. The summed E-state index contributed by atoms with van der Waals surface area (Å²) >= 11 is 0. The number of hydrogen-bond acceptors (Lipinski definition) is 4. The third-order valence-electron chi connectivity index (χ3n) is 4.66. The molecule has 148 valence electrons. The third kappa shape index (κ3) is 4.76. The van der Waals surface area contributed by atoms with Crippen LogP contribution in [0.1, 0.15) is 28.1 Å². The quantitative estimate of drug-likeness (QED) is 0.707. The molecule has 3 rings (SSSR count). The Kier molecular flexibility index (Phi) is 6.08. The average molecular weight is 387 g/mol. The summed E-state index contributed by atoms with van der Waals surface area (Å²) in [6.45, 7) is 2.73. The van der Waals surface area contributed by atoms with Crippen LogP contribution in [0.25, 0.3) is 0 Å². The topological polar surface area (TPSA) is 91.7 Å². The largest absolute Gasteiger partial charge is 0.467 e. The van der Waals surface area contributed by atoms with Crippen molar-refractivity contribution in [1.82, 2.24) is 15.5 Å². The van der Waals surface area contributed by atoms with E-state index in [0.29, 0.717) is 24.4 Å². The molecule has 0 spiro atoms. The fourth-order valence-corrected chi connectivity index (χ4v) is 3.03. The van der Waals surface area contributed by atoms with Gasteiger partial charge in [-0.25, -0.2) is 4.39 Å². The maximum absolute atomic E-state index is 13.5. The lowest BCUT2D eigenvalue weighted by Gasteiger charge is -2.15. The van der Waals surface area contributed by atoms with Crippen molar-refractivity contribution < 1.29 is 23.2 Å². The van der Waals surface area contributed by atoms with E-state index in [2.05, 4.69) is 10.6 Å². The SMILES string of the molecule is Cc1ccc(C(=O)NCCNC(=O)C2CC(=O)N(Cc3ccco3)C2)cc1F. The smallest absolute Gasteiger partial charge is 0.251 e. The number of nitrogens with zero attached hydrogens (tertiary/aromatic N) is 1. The van der Waals surface area contributed by atoms with Crippen molar-refractivity contribution in [3.63, 3.8) is 0 Å². The van der Waals surface area contributed by atoms with Crippen LogP contribution in [-0.4, -0.2) is 42.3 Å². The Morgan fingerprint density at radius 1 is 1.25 bits per heavy atom. The van der Waals surface area contributed by atoms with Gasteiger partial charge in [0.1, 0.15) is 11.6 Å². The van der Waals surface area contributed by atoms with Gasteiger partial charge >= 0.3 is 0 Å². The highest BCUT2D eigenvalue weighted by atomic mass is 19.1. The van der Waals surface area contributed by atoms with Crippen molar-refractivity contribution >= 4 is 17.7 Å². The molecule has 1 aliphatic rings. The fourth-order valence-electron chi connectivity index (χ4n) is 3.03. The summed E-state index contributed by atoms with van der Waals surface area (Å²) in [7, 11) is 0.